The molecule has 0 N–H and O–H groups in total. The first kappa shape index (κ1) is 12.2. The van der Waals surface area contributed by atoms with Crippen LogP contribution in [0, 0.1) is 0 Å². The molecule has 0 atom stereocenters. The highest BCUT2D eigenvalue weighted by Crippen LogP contribution is 2.01. The quantitative estimate of drug-likeness (QED) is 0.439. The van der Waals surface area contributed by atoms with Crippen LogP contribution >= 0.6 is 0 Å². The van der Waals surface area contributed by atoms with Crippen molar-refractivity contribution in [3.05, 3.63) is 12.7 Å². The maximum atomic E-state index is 11.1. The lowest BCUT2D eigenvalue weighted by molar-refractivity contribution is -0.128. The minimum Gasteiger partial charge on any atom is -0.339 e. The Hall–Kier alpha value is -0.790. The molecule has 0 saturated heterocycles. The van der Waals surface area contributed by atoms with E-state index in [1.807, 2.05) is 4.90 Å². The number of hydrogen-bond acceptors (Lipinski definition) is 1. The van der Waals surface area contributed by atoms with Gasteiger partial charge in [0.2, 0.25) is 5.91 Å². The van der Waals surface area contributed by atoms with Gasteiger partial charge in [0.1, 0.15) is 0 Å². The number of carbonyl (C=O) groups is 1. The van der Waals surface area contributed by atoms with Gasteiger partial charge in [0.15, 0.2) is 0 Å². The van der Waals surface area contributed by atoms with Crippen LogP contribution < -0.4 is 0 Å². The molecule has 0 radical (unpaired) electrons. The van der Waals surface area contributed by atoms with Crippen LogP contribution in [-0.2, 0) is 4.79 Å². The fourth-order valence-electron chi connectivity index (χ4n) is 1.26. The van der Waals surface area contributed by atoms with Crippen molar-refractivity contribution < 1.29 is 4.79 Å². The van der Waals surface area contributed by atoms with Crippen molar-refractivity contribution in [2.24, 2.45) is 0 Å². The second kappa shape index (κ2) is 7.84. The predicted molar refractivity (Wildman–Crippen MR) is 56.6 cm³/mol. The van der Waals surface area contributed by atoms with Gasteiger partial charge in [-0.15, -0.1) is 6.58 Å². The molecule has 2 nitrogen and oxygen atoms in total. The maximum Gasteiger partial charge on any atom is 0.219 e. The van der Waals surface area contributed by atoms with Crippen LogP contribution in [0.5, 0.6) is 0 Å². The van der Waals surface area contributed by atoms with E-state index in [0.29, 0.717) is 6.54 Å². The Kier molecular flexibility index (Phi) is 7.36. The van der Waals surface area contributed by atoms with E-state index in [-0.39, 0.29) is 5.91 Å². The Morgan fingerprint density at radius 3 is 2.54 bits per heavy atom. The summed E-state index contributed by atoms with van der Waals surface area (Å²) in [5, 5.41) is 0. The van der Waals surface area contributed by atoms with Gasteiger partial charge in [0.25, 0.3) is 0 Å². The van der Waals surface area contributed by atoms with Crippen LogP contribution in [0.3, 0.4) is 0 Å². The molecule has 0 aromatic heterocycles. The average molecular weight is 183 g/mol. The molecule has 0 saturated carbocycles. The molecule has 0 aromatic rings. The van der Waals surface area contributed by atoms with E-state index >= 15 is 0 Å². The Labute approximate surface area is 81.6 Å². The number of carbonyl (C=O) groups excluding carboxylic acids is 1. The van der Waals surface area contributed by atoms with Crippen molar-refractivity contribution in [2.45, 2.75) is 39.5 Å². The van der Waals surface area contributed by atoms with Gasteiger partial charge in [-0.1, -0.05) is 32.3 Å². The summed E-state index contributed by atoms with van der Waals surface area (Å²) in [6.45, 7) is 8.99. The fraction of sp³-hybridized carbons (Fsp3) is 0.727. The Balaban J connectivity index is 3.56. The van der Waals surface area contributed by atoms with Gasteiger partial charge in [-0.3, -0.25) is 4.79 Å². The smallest absolute Gasteiger partial charge is 0.219 e. The summed E-state index contributed by atoms with van der Waals surface area (Å²) in [6, 6.07) is 0. The van der Waals surface area contributed by atoms with Crippen molar-refractivity contribution in [3.63, 3.8) is 0 Å². The molecule has 0 rings (SSSR count). The summed E-state index contributed by atoms with van der Waals surface area (Å²) >= 11 is 0. The molecule has 0 aliphatic heterocycles. The highest BCUT2D eigenvalue weighted by Gasteiger charge is 2.04. The van der Waals surface area contributed by atoms with E-state index < -0.39 is 0 Å². The molecule has 0 bridgehead atoms. The van der Waals surface area contributed by atoms with E-state index in [0.717, 1.165) is 13.0 Å². The lowest BCUT2D eigenvalue weighted by Gasteiger charge is -2.18. The van der Waals surface area contributed by atoms with Crippen LogP contribution in [0.25, 0.3) is 0 Å². The minimum absolute atomic E-state index is 0.149. The van der Waals surface area contributed by atoms with Crippen molar-refractivity contribution >= 4 is 5.91 Å². The van der Waals surface area contributed by atoms with Gasteiger partial charge in [-0.25, -0.2) is 0 Å². The van der Waals surface area contributed by atoms with E-state index in [4.69, 9.17) is 0 Å². The van der Waals surface area contributed by atoms with Gasteiger partial charge < -0.3 is 4.90 Å². The summed E-state index contributed by atoms with van der Waals surface area (Å²) in [7, 11) is 0. The minimum atomic E-state index is 0.149. The Morgan fingerprint density at radius 1 is 1.38 bits per heavy atom. The first-order chi connectivity index (χ1) is 6.22. The normalized spacial score (nSPS) is 9.69. The van der Waals surface area contributed by atoms with Gasteiger partial charge in [0.05, 0.1) is 0 Å². The largest absolute Gasteiger partial charge is 0.339 e. The molecule has 0 aromatic carbocycles. The molecule has 13 heavy (non-hydrogen) atoms. The molecule has 0 fully saturated rings. The number of hydrogen-bond donors (Lipinski definition) is 0. The lowest BCUT2D eigenvalue weighted by Crippen LogP contribution is -2.29. The molecule has 0 aliphatic rings. The summed E-state index contributed by atoms with van der Waals surface area (Å²) in [4.78, 5) is 12.9. The summed E-state index contributed by atoms with van der Waals surface area (Å²) in [6.07, 6.45) is 6.61. The highest BCUT2D eigenvalue weighted by molar-refractivity contribution is 5.73. The number of unbranched alkanes of at least 4 members (excludes halogenated alkanes) is 3. The van der Waals surface area contributed by atoms with Crippen molar-refractivity contribution in [1.29, 1.82) is 0 Å². The molecule has 0 unspecified atom stereocenters. The summed E-state index contributed by atoms with van der Waals surface area (Å²) < 4.78 is 0. The fourth-order valence-corrected chi connectivity index (χ4v) is 1.26. The number of amides is 1. The zero-order valence-corrected chi connectivity index (χ0v) is 8.88. The molecular formula is C11H21NO. The first-order valence-electron chi connectivity index (χ1n) is 5.08. The van der Waals surface area contributed by atoms with E-state index in [2.05, 4.69) is 13.5 Å². The predicted octanol–water partition coefficient (Wildman–Crippen LogP) is 2.60. The molecule has 0 spiro atoms. The second-order valence-corrected chi connectivity index (χ2v) is 3.31. The monoisotopic (exact) mass is 183 g/mol. The van der Waals surface area contributed by atoms with E-state index in [1.165, 1.54) is 19.3 Å². The third kappa shape index (κ3) is 6.38. The standard InChI is InChI=1S/C11H21NO/c1-4-6-7-8-10-12(9-5-2)11(3)13/h5H,2,4,6-10H2,1,3H3. The van der Waals surface area contributed by atoms with E-state index in [1.54, 1.807) is 13.0 Å². The zero-order valence-electron chi connectivity index (χ0n) is 8.88. The molecular weight excluding hydrogens is 162 g/mol. The van der Waals surface area contributed by atoms with Crippen LogP contribution in [0.1, 0.15) is 39.5 Å². The summed E-state index contributed by atoms with van der Waals surface area (Å²) in [5.74, 6) is 0.149. The molecule has 76 valence electrons. The topological polar surface area (TPSA) is 20.3 Å². The van der Waals surface area contributed by atoms with Crippen LogP contribution in [-0.4, -0.2) is 23.9 Å². The van der Waals surface area contributed by atoms with Gasteiger partial charge in [0, 0.05) is 20.0 Å². The lowest BCUT2D eigenvalue weighted by atomic mass is 10.2. The molecule has 0 aliphatic carbocycles. The first-order valence-corrected chi connectivity index (χ1v) is 5.08. The van der Waals surface area contributed by atoms with Crippen LogP contribution in [0.2, 0.25) is 0 Å². The zero-order chi connectivity index (χ0) is 10.1. The third-order valence-corrected chi connectivity index (χ3v) is 2.08. The molecule has 0 heterocycles. The van der Waals surface area contributed by atoms with Crippen molar-refractivity contribution in [2.75, 3.05) is 13.1 Å². The third-order valence-electron chi connectivity index (χ3n) is 2.08. The second-order valence-electron chi connectivity index (χ2n) is 3.31. The van der Waals surface area contributed by atoms with Gasteiger partial charge in [-0.2, -0.15) is 0 Å². The number of rotatable bonds is 7. The summed E-state index contributed by atoms with van der Waals surface area (Å²) in [5.41, 5.74) is 0. The van der Waals surface area contributed by atoms with Crippen LogP contribution in [0.4, 0.5) is 0 Å². The highest BCUT2D eigenvalue weighted by atomic mass is 16.2. The Morgan fingerprint density at radius 2 is 2.08 bits per heavy atom. The van der Waals surface area contributed by atoms with Crippen LogP contribution in [0.15, 0.2) is 12.7 Å². The Bertz CT molecular complexity index is 154. The SMILES string of the molecule is C=CCN(CCCCCC)C(C)=O. The molecule has 2 heteroatoms. The van der Waals surface area contributed by atoms with Crippen molar-refractivity contribution in [1.82, 2.24) is 4.90 Å². The van der Waals surface area contributed by atoms with Gasteiger partial charge >= 0.3 is 0 Å². The van der Waals surface area contributed by atoms with Crippen molar-refractivity contribution in [3.8, 4) is 0 Å². The molecule has 1 amide bonds. The average Bonchev–Trinajstić information content (AvgIpc) is 2.10. The number of nitrogens with zero attached hydrogens (tertiary/aromatic N) is 1. The van der Waals surface area contributed by atoms with E-state index in [9.17, 15) is 4.79 Å². The van der Waals surface area contributed by atoms with Gasteiger partial charge in [-0.05, 0) is 6.42 Å². The maximum absolute atomic E-state index is 11.1.